The molecule has 0 aliphatic carbocycles. The van der Waals surface area contributed by atoms with E-state index in [2.05, 4.69) is 0 Å². The molecular formula is C18H34O5. The SMILES string of the molecule is CC/C=C/C[C@H](O)/C=C/[C@H](O)[C@H](O)[C@H](O)CCCCC[C@H](C)O. The monoisotopic (exact) mass is 330 g/mol. The largest absolute Gasteiger partial charge is 0.393 e. The van der Waals surface area contributed by atoms with E-state index in [4.69, 9.17) is 5.11 Å². The summed E-state index contributed by atoms with van der Waals surface area (Å²) in [5.74, 6) is 0. The molecule has 0 amide bonds. The van der Waals surface area contributed by atoms with Gasteiger partial charge >= 0.3 is 0 Å². The van der Waals surface area contributed by atoms with Crippen molar-refractivity contribution in [1.29, 1.82) is 0 Å². The molecule has 0 saturated heterocycles. The fourth-order valence-corrected chi connectivity index (χ4v) is 2.21. The number of aliphatic hydroxyl groups excluding tert-OH is 5. The van der Waals surface area contributed by atoms with Crippen LogP contribution in [-0.2, 0) is 0 Å². The molecule has 0 saturated carbocycles. The lowest BCUT2D eigenvalue weighted by Crippen LogP contribution is -2.36. The topological polar surface area (TPSA) is 101 Å². The molecule has 0 radical (unpaired) electrons. The number of aliphatic hydroxyl groups is 5. The predicted octanol–water partition coefficient (Wildman–Crippen LogP) is 1.67. The second-order valence-electron chi connectivity index (χ2n) is 6.10. The van der Waals surface area contributed by atoms with E-state index in [-0.39, 0.29) is 6.10 Å². The molecule has 0 aromatic rings. The van der Waals surface area contributed by atoms with Crippen LogP contribution in [0, 0.1) is 0 Å². The number of rotatable bonds is 13. The third-order valence-corrected chi connectivity index (χ3v) is 3.68. The first-order valence-corrected chi connectivity index (χ1v) is 8.62. The Morgan fingerprint density at radius 2 is 1.48 bits per heavy atom. The van der Waals surface area contributed by atoms with Crippen molar-refractivity contribution >= 4 is 0 Å². The summed E-state index contributed by atoms with van der Waals surface area (Å²) in [6.07, 6.45) is 7.04. The van der Waals surface area contributed by atoms with Crippen LogP contribution in [-0.4, -0.2) is 56.1 Å². The molecule has 0 rings (SSSR count). The Morgan fingerprint density at radius 3 is 2.09 bits per heavy atom. The quantitative estimate of drug-likeness (QED) is 0.261. The minimum absolute atomic E-state index is 0.309. The second-order valence-corrected chi connectivity index (χ2v) is 6.10. The maximum Gasteiger partial charge on any atom is 0.109 e. The molecule has 0 spiro atoms. The molecule has 0 aromatic heterocycles. The van der Waals surface area contributed by atoms with Gasteiger partial charge in [-0.2, -0.15) is 0 Å². The van der Waals surface area contributed by atoms with Crippen LogP contribution in [0.2, 0.25) is 0 Å². The molecule has 5 N–H and O–H groups in total. The maximum atomic E-state index is 9.87. The molecule has 0 aromatic carbocycles. The number of hydrogen-bond donors (Lipinski definition) is 5. The van der Waals surface area contributed by atoms with Crippen LogP contribution in [0.4, 0.5) is 0 Å². The molecule has 136 valence electrons. The highest BCUT2D eigenvalue weighted by molar-refractivity contribution is 5.00. The van der Waals surface area contributed by atoms with E-state index in [1.165, 1.54) is 12.2 Å². The van der Waals surface area contributed by atoms with Gasteiger partial charge in [0.25, 0.3) is 0 Å². The standard InChI is InChI=1S/C18H34O5/c1-3-4-6-10-15(20)12-13-17(22)18(23)16(21)11-8-5-7-9-14(2)19/h4,6,12-23H,3,5,7-11H2,1-2H3/b6-4+,13-12+/t14-,15-,16+,17-,18+/m0/s1. The fraction of sp³-hybridized carbons (Fsp3) is 0.778. The highest BCUT2D eigenvalue weighted by atomic mass is 16.4. The van der Waals surface area contributed by atoms with Gasteiger partial charge in [-0.1, -0.05) is 50.5 Å². The first-order valence-electron chi connectivity index (χ1n) is 8.62. The van der Waals surface area contributed by atoms with Crippen LogP contribution in [0.25, 0.3) is 0 Å². The van der Waals surface area contributed by atoms with Crippen molar-refractivity contribution in [2.45, 2.75) is 89.3 Å². The van der Waals surface area contributed by atoms with Gasteiger partial charge in [0.1, 0.15) is 12.2 Å². The van der Waals surface area contributed by atoms with Gasteiger partial charge in [-0.3, -0.25) is 0 Å². The van der Waals surface area contributed by atoms with Gasteiger partial charge in [0.2, 0.25) is 0 Å². The van der Waals surface area contributed by atoms with E-state index in [0.29, 0.717) is 12.8 Å². The molecular weight excluding hydrogens is 296 g/mol. The molecule has 0 fully saturated rings. The second kappa shape index (κ2) is 13.7. The van der Waals surface area contributed by atoms with Crippen molar-refractivity contribution in [3.63, 3.8) is 0 Å². The Hall–Kier alpha value is -0.720. The van der Waals surface area contributed by atoms with Gasteiger partial charge < -0.3 is 25.5 Å². The van der Waals surface area contributed by atoms with Crippen molar-refractivity contribution in [2.75, 3.05) is 0 Å². The van der Waals surface area contributed by atoms with E-state index in [9.17, 15) is 20.4 Å². The third-order valence-electron chi connectivity index (χ3n) is 3.68. The van der Waals surface area contributed by atoms with Gasteiger partial charge in [-0.25, -0.2) is 0 Å². The third kappa shape index (κ3) is 12.4. The minimum Gasteiger partial charge on any atom is -0.393 e. The number of unbranched alkanes of at least 4 members (excludes halogenated alkanes) is 2. The Balaban J connectivity index is 4.01. The lowest BCUT2D eigenvalue weighted by molar-refractivity contribution is -0.0451. The number of allylic oxidation sites excluding steroid dienone is 1. The van der Waals surface area contributed by atoms with Crippen molar-refractivity contribution in [2.24, 2.45) is 0 Å². The van der Waals surface area contributed by atoms with Crippen molar-refractivity contribution in [3.05, 3.63) is 24.3 Å². The molecule has 23 heavy (non-hydrogen) atoms. The van der Waals surface area contributed by atoms with Crippen LogP contribution in [0.3, 0.4) is 0 Å². The van der Waals surface area contributed by atoms with E-state index in [0.717, 1.165) is 32.1 Å². The van der Waals surface area contributed by atoms with E-state index < -0.39 is 24.4 Å². The van der Waals surface area contributed by atoms with E-state index in [1.807, 2.05) is 19.1 Å². The van der Waals surface area contributed by atoms with Gasteiger partial charge in [0.05, 0.1) is 18.3 Å². The molecule has 0 aliphatic rings. The fourth-order valence-electron chi connectivity index (χ4n) is 2.21. The lowest BCUT2D eigenvalue weighted by Gasteiger charge is -2.21. The van der Waals surface area contributed by atoms with Crippen LogP contribution in [0.5, 0.6) is 0 Å². The summed E-state index contributed by atoms with van der Waals surface area (Å²) in [7, 11) is 0. The van der Waals surface area contributed by atoms with E-state index in [1.54, 1.807) is 6.92 Å². The summed E-state index contributed by atoms with van der Waals surface area (Å²) in [6, 6.07) is 0. The molecule has 5 nitrogen and oxygen atoms in total. The lowest BCUT2D eigenvalue weighted by atomic mass is 10.0. The smallest absolute Gasteiger partial charge is 0.109 e. The van der Waals surface area contributed by atoms with Crippen LogP contribution < -0.4 is 0 Å². The summed E-state index contributed by atoms with van der Waals surface area (Å²) >= 11 is 0. The van der Waals surface area contributed by atoms with Crippen molar-refractivity contribution in [1.82, 2.24) is 0 Å². The molecule has 5 heteroatoms. The molecule has 0 aliphatic heterocycles. The highest BCUT2D eigenvalue weighted by Gasteiger charge is 2.22. The zero-order valence-corrected chi connectivity index (χ0v) is 14.4. The summed E-state index contributed by atoms with van der Waals surface area (Å²) < 4.78 is 0. The maximum absolute atomic E-state index is 9.87. The van der Waals surface area contributed by atoms with Crippen molar-refractivity contribution < 1.29 is 25.5 Å². The summed E-state index contributed by atoms with van der Waals surface area (Å²) in [6.45, 7) is 3.75. The average molecular weight is 330 g/mol. The Bertz CT molecular complexity index is 327. The molecule has 0 unspecified atom stereocenters. The van der Waals surface area contributed by atoms with Crippen molar-refractivity contribution in [3.8, 4) is 0 Å². The predicted molar refractivity (Wildman–Crippen MR) is 92.0 cm³/mol. The molecule has 0 bridgehead atoms. The average Bonchev–Trinajstić information content (AvgIpc) is 2.51. The van der Waals surface area contributed by atoms with Crippen LogP contribution >= 0.6 is 0 Å². The zero-order chi connectivity index (χ0) is 17.7. The normalized spacial score (nSPS) is 19.1. The first-order chi connectivity index (χ1) is 10.9. The molecule has 0 heterocycles. The van der Waals surface area contributed by atoms with Gasteiger partial charge in [-0.15, -0.1) is 0 Å². The first kappa shape index (κ1) is 22.3. The number of hydrogen-bond acceptors (Lipinski definition) is 5. The minimum atomic E-state index is -1.26. The van der Waals surface area contributed by atoms with Crippen LogP contribution in [0.15, 0.2) is 24.3 Å². The Kier molecular flexibility index (Phi) is 13.3. The zero-order valence-electron chi connectivity index (χ0n) is 14.4. The summed E-state index contributed by atoms with van der Waals surface area (Å²) in [4.78, 5) is 0. The summed E-state index contributed by atoms with van der Waals surface area (Å²) in [5, 5.41) is 48.4. The molecule has 5 atom stereocenters. The Morgan fingerprint density at radius 1 is 0.826 bits per heavy atom. The Labute approximate surface area is 140 Å². The van der Waals surface area contributed by atoms with Crippen LogP contribution in [0.1, 0.15) is 58.8 Å². The van der Waals surface area contributed by atoms with Gasteiger partial charge in [0.15, 0.2) is 0 Å². The van der Waals surface area contributed by atoms with Gasteiger partial charge in [-0.05, 0) is 32.6 Å². The highest BCUT2D eigenvalue weighted by Crippen LogP contribution is 2.12. The summed E-state index contributed by atoms with van der Waals surface area (Å²) in [5.41, 5.74) is 0. The van der Waals surface area contributed by atoms with E-state index >= 15 is 0 Å². The van der Waals surface area contributed by atoms with Gasteiger partial charge in [0, 0.05) is 0 Å².